The van der Waals surface area contributed by atoms with Crippen molar-refractivity contribution in [3.63, 3.8) is 0 Å². The van der Waals surface area contributed by atoms with Gasteiger partial charge in [0, 0.05) is 5.56 Å². The molecule has 0 aliphatic carbocycles. The smallest absolute Gasteiger partial charge is 0.496 e. The first-order chi connectivity index (χ1) is 11.3. The lowest BCUT2D eigenvalue weighted by atomic mass is 9.87. The third-order valence-corrected chi connectivity index (χ3v) is 5.57. The zero-order valence-corrected chi connectivity index (χ0v) is 15.5. The van der Waals surface area contributed by atoms with Crippen molar-refractivity contribution >= 4 is 10.1 Å². The molecule has 1 unspecified atom stereocenters. The van der Waals surface area contributed by atoms with Crippen LogP contribution >= 0.6 is 0 Å². The summed E-state index contributed by atoms with van der Waals surface area (Å²) in [5, 5.41) is 0. The maximum Gasteiger partial charge on any atom is 0.523 e. The summed E-state index contributed by atoms with van der Waals surface area (Å²) in [6.07, 6.45) is 0.838. The molecule has 1 heterocycles. The van der Waals surface area contributed by atoms with Gasteiger partial charge in [0.15, 0.2) is 0 Å². The van der Waals surface area contributed by atoms with Crippen LogP contribution in [0.25, 0.3) is 0 Å². The molecule has 2 rings (SSSR count). The fourth-order valence-corrected chi connectivity index (χ4v) is 3.50. The Bertz CT molecular complexity index is 786. The Labute approximate surface area is 145 Å². The molecule has 0 N–H and O–H groups in total. The minimum atomic E-state index is -5.65. The van der Waals surface area contributed by atoms with Crippen molar-refractivity contribution in [2.24, 2.45) is 0 Å². The molecule has 0 saturated heterocycles. The Hall–Kier alpha value is -1.48. The van der Waals surface area contributed by atoms with Crippen molar-refractivity contribution < 1.29 is 35.2 Å². The number of hydrogen-bond acceptors (Lipinski definition) is 5. The number of fused-ring (bicyclic) bond motifs is 1. The molecule has 1 aliphatic rings. The second-order valence-electron chi connectivity index (χ2n) is 6.43. The largest absolute Gasteiger partial charge is 0.523 e. The predicted octanol–water partition coefficient (Wildman–Crippen LogP) is 3.57. The number of hydrogen-bond donors (Lipinski definition) is 0. The van der Waals surface area contributed by atoms with Gasteiger partial charge in [0.25, 0.3) is 0 Å². The first-order valence-corrected chi connectivity index (χ1v) is 9.05. The van der Waals surface area contributed by atoms with E-state index in [0.717, 1.165) is 28.0 Å². The van der Waals surface area contributed by atoms with E-state index in [9.17, 15) is 21.6 Å². The van der Waals surface area contributed by atoms with Crippen LogP contribution in [0.4, 0.5) is 13.2 Å². The number of rotatable bonds is 4. The van der Waals surface area contributed by atoms with E-state index in [1.54, 1.807) is 7.11 Å². The van der Waals surface area contributed by atoms with E-state index in [-0.39, 0.29) is 0 Å². The molecular formula is C16H21F3O5S. The van der Waals surface area contributed by atoms with Crippen LogP contribution in [-0.4, -0.2) is 33.2 Å². The van der Waals surface area contributed by atoms with E-state index in [1.165, 1.54) is 6.92 Å². The molecule has 0 fully saturated rings. The number of alkyl halides is 3. The Balaban J connectivity index is 2.32. The van der Waals surface area contributed by atoms with E-state index in [0.29, 0.717) is 18.6 Å². The number of methoxy groups -OCH3 is 1. The number of benzene rings is 1. The lowest BCUT2D eigenvalue weighted by molar-refractivity contribution is -0.0606. The molecule has 0 radical (unpaired) electrons. The highest BCUT2D eigenvalue weighted by Gasteiger charge is 2.49. The van der Waals surface area contributed by atoms with Crippen LogP contribution in [0.5, 0.6) is 11.5 Å². The summed E-state index contributed by atoms with van der Waals surface area (Å²) in [6.45, 7) is 6.41. The summed E-state index contributed by atoms with van der Waals surface area (Å²) in [4.78, 5) is 0. The zero-order chi connectivity index (χ0) is 19.2. The van der Waals surface area contributed by atoms with Crippen LogP contribution < -0.4 is 9.47 Å². The van der Waals surface area contributed by atoms with Crippen molar-refractivity contribution in [1.29, 1.82) is 0 Å². The quantitative estimate of drug-likeness (QED) is 0.589. The SMILES string of the molecule is COc1c(C)c(C)c2c(c1C)CCC(C)(COS(=O)(=O)C(F)(F)F)O2. The van der Waals surface area contributed by atoms with Gasteiger partial charge < -0.3 is 9.47 Å². The van der Waals surface area contributed by atoms with Gasteiger partial charge in [-0.1, -0.05) is 0 Å². The van der Waals surface area contributed by atoms with E-state index >= 15 is 0 Å². The van der Waals surface area contributed by atoms with Gasteiger partial charge in [-0.3, -0.25) is 4.18 Å². The summed E-state index contributed by atoms with van der Waals surface area (Å²) in [5.41, 5.74) is -3.13. The molecular weight excluding hydrogens is 361 g/mol. The molecule has 1 aromatic carbocycles. The lowest BCUT2D eigenvalue weighted by Crippen LogP contribution is -2.43. The fraction of sp³-hybridized carbons (Fsp3) is 0.625. The van der Waals surface area contributed by atoms with Crippen molar-refractivity contribution in [2.75, 3.05) is 13.7 Å². The molecule has 9 heteroatoms. The Morgan fingerprint density at radius 2 is 1.76 bits per heavy atom. The lowest BCUT2D eigenvalue weighted by Gasteiger charge is -2.37. The summed E-state index contributed by atoms with van der Waals surface area (Å²) < 4.78 is 75.1. The van der Waals surface area contributed by atoms with Gasteiger partial charge >= 0.3 is 15.6 Å². The Morgan fingerprint density at radius 3 is 2.28 bits per heavy atom. The summed E-state index contributed by atoms with van der Waals surface area (Å²) in [5.74, 6) is 1.30. The normalized spacial score (nSPS) is 20.8. The van der Waals surface area contributed by atoms with Crippen molar-refractivity contribution in [3.8, 4) is 11.5 Å². The van der Waals surface area contributed by atoms with E-state index in [4.69, 9.17) is 9.47 Å². The standard InChI is InChI=1S/C16H21F3O5S/c1-9-10(2)14-12(11(3)13(9)22-5)6-7-15(4,24-14)8-23-25(20,21)16(17,18)19/h6-8H2,1-5H3. The van der Waals surface area contributed by atoms with Crippen molar-refractivity contribution in [2.45, 2.75) is 51.6 Å². The van der Waals surface area contributed by atoms with Gasteiger partial charge in [-0.25, -0.2) is 0 Å². The number of halogens is 3. The number of ether oxygens (including phenoxy) is 2. The monoisotopic (exact) mass is 382 g/mol. The molecule has 0 amide bonds. The molecule has 1 aromatic rings. The molecule has 0 spiro atoms. The van der Waals surface area contributed by atoms with Gasteiger partial charge in [-0.2, -0.15) is 21.6 Å². The second-order valence-corrected chi connectivity index (χ2v) is 8.04. The summed E-state index contributed by atoms with van der Waals surface area (Å²) in [7, 11) is -4.08. The van der Waals surface area contributed by atoms with Gasteiger partial charge in [0.2, 0.25) is 0 Å². The van der Waals surface area contributed by atoms with Crippen LogP contribution in [0, 0.1) is 20.8 Å². The summed E-state index contributed by atoms with van der Waals surface area (Å²) in [6, 6.07) is 0. The molecule has 0 aromatic heterocycles. The molecule has 1 atom stereocenters. The van der Waals surface area contributed by atoms with Gasteiger partial charge in [0.05, 0.1) is 7.11 Å². The third kappa shape index (κ3) is 3.57. The van der Waals surface area contributed by atoms with E-state index in [1.807, 2.05) is 20.8 Å². The van der Waals surface area contributed by atoms with E-state index in [2.05, 4.69) is 4.18 Å². The van der Waals surface area contributed by atoms with Gasteiger partial charge in [0.1, 0.15) is 23.7 Å². The molecule has 0 bridgehead atoms. The predicted molar refractivity (Wildman–Crippen MR) is 85.5 cm³/mol. The average Bonchev–Trinajstić information content (AvgIpc) is 2.50. The molecule has 1 aliphatic heterocycles. The molecule has 5 nitrogen and oxygen atoms in total. The average molecular weight is 382 g/mol. The van der Waals surface area contributed by atoms with Crippen LogP contribution in [0.1, 0.15) is 35.6 Å². The van der Waals surface area contributed by atoms with Crippen molar-refractivity contribution in [3.05, 3.63) is 22.3 Å². The first-order valence-electron chi connectivity index (χ1n) is 7.64. The first kappa shape index (κ1) is 19.8. The van der Waals surface area contributed by atoms with Crippen LogP contribution in [0.15, 0.2) is 0 Å². The zero-order valence-electron chi connectivity index (χ0n) is 14.7. The highest BCUT2D eigenvalue weighted by Crippen LogP contribution is 2.44. The fourth-order valence-electron chi connectivity index (χ4n) is 2.96. The molecule has 25 heavy (non-hydrogen) atoms. The maximum absolute atomic E-state index is 12.4. The topological polar surface area (TPSA) is 61.8 Å². The second kappa shape index (κ2) is 6.35. The summed E-state index contributed by atoms with van der Waals surface area (Å²) >= 11 is 0. The maximum atomic E-state index is 12.4. The Morgan fingerprint density at radius 1 is 1.16 bits per heavy atom. The van der Waals surface area contributed by atoms with Gasteiger partial charge in [-0.15, -0.1) is 0 Å². The highest BCUT2D eigenvalue weighted by atomic mass is 32.2. The van der Waals surface area contributed by atoms with Crippen LogP contribution in [0.3, 0.4) is 0 Å². The van der Waals surface area contributed by atoms with Crippen LogP contribution in [0.2, 0.25) is 0 Å². The minimum absolute atomic E-state index is 0.319. The third-order valence-electron chi connectivity index (χ3n) is 4.57. The Kier molecular flexibility index (Phi) is 5.04. The van der Waals surface area contributed by atoms with Crippen molar-refractivity contribution in [1.82, 2.24) is 0 Å². The molecule has 0 saturated carbocycles. The van der Waals surface area contributed by atoms with E-state index < -0.39 is 27.8 Å². The highest BCUT2D eigenvalue weighted by molar-refractivity contribution is 7.87. The minimum Gasteiger partial charge on any atom is -0.496 e. The molecule has 142 valence electrons. The van der Waals surface area contributed by atoms with Gasteiger partial charge in [-0.05, 0) is 57.2 Å². The van der Waals surface area contributed by atoms with Crippen LogP contribution in [-0.2, 0) is 20.7 Å².